The number of carbonyl (C=O) groups is 1. The van der Waals surface area contributed by atoms with E-state index in [9.17, 15) is 15.0 Å². The van der Waals surface area contributed by atoms with Gasteiger partial charge in [-0.1, -0.05) is 13.0 Å². The first-order chi connectivity index (χ1) is 8.05. The van der Waals surface area contributed by atoms with Gasteiger partial charge in [-0.25, -0.2) is 0 Å². The van der Waals surface area contributed by atoms with Gasteiger partial charge in [0, 0.05) is 5.56 Å². The van der Waals surface area contributed by atoms with Crippen molar-refractivity contribution in [2.45, 2.75) is 31.6 Å². The summed E-state index contributed by atoms with van der Waals surface area (Å²) in [6, 6.07) is 3.52. The molecule has 4 nitrogen and oxygen atoms in total. The van der Waals surface area contributed by atoms with Crippen LogP contribution in [0.1, 0.15) is 30.9 Å². The minimum absolute atomic E-state index is 0.0374. The molecule has 4 heteroatoms. The van der Waals surface area contributed by atoms with Crippen LogP contribution in [0.3, 0.4) is 0 Å². The van der Waals surface area contributed by atoms with E-state index >= 15 is 0 Å². The molecule has 1 aromatic carbocycles. The molecule has 1 saturated carbocycles. The first-order valence-corrected chi connectivity index (χ1v) is 5.69. The van der Waals surface area contributed by atoms with E-state index in [0.717, 1.165) is 12.0 Å². The van der Waals surface area contributed by atoms with Gasteiger partial charge in [-0.3, -0.25) is 4.79 Å². The number of phenolic OH excluding ortho intramolecular Hbond substituents is 1. The maximum atomic E-state index is 11.3. The molecule has 1 aliphatic carbocycles. The van der Waals surface area contributed by atoms with E-state index in [1.54, 1.807) is 12.1 Å². The van der Waals surface area contributed by atoms with Crippen LogP contribution in [0.25, 0.3) is 0 Å². The summed E-state index contributed by atoms with van der Waals surface area (Å²) in [5.41, 5.74) is 0.561. The van der Waals surface area contributed by atoms with E-state index < -0.39 is 11.4 Å². The van der Waals surface area contributed by atoms with Crippen LogP contribution >= 0.6 is 0 Å². The second kappa shape index (κ2) is 3.95. The Bertz CT molecular complexity index is 461. The summed E-state index contributed by atoms with van der Waals surface area (Å²) in [6.07, 6.45) is 1.93. The molecular formula is C13H16O4. The van der Waals surface area contributed by atoms with Crippen LogP contribution in [-0.4, -0.2) is 23.3 Å². The lowest BCUT2D eigenvalue weighted by atomic mass is 9.92. The third kappa shape index (κ3) is 1.73. The zero-order valence-corrected chi connectivity index (χ0v) is 9.99. The topological polar surface area (TPSA) is 66.8 Å². The number of carboxylic acid groups (broad SMARTS) is 1. The zero-order valence-electron chi connectivity index (χ0n) is 9.99. The first kappa shape index (κ1) is 11.8. The molecule has 0 bridgehead atoms. The summed E-state index contributed by atoms with van der Waals surface area (Å²) in [4.78, 5) is 11.3. The monoisotopic (exact) mass is 236 g/mol. The number of aliphatic carboxylic acids is 1. The average Bonchev–Trinajstić information content (AvgIpc) is 3.10. The molecule has 0 heterocycles. The Labute approximate surface area is 99.8 Å². The summed E-state index contributed by atoms with van der Waals surface area (Å²) in [7, 11) is 1.47. The summed E-state index contributed by atoms with van der Waals surface area (Å²) in [6.45, 7) is 1.98. The van der Waals surface area contributed by atoms with Crippen molar-refractivity contribution >= 4 is 5.97 Å². The highest BCUT2D eigenvalue weighted by Gasteiger charge is 2.53. The van der Waals surface area contributed by atoms with Crippen molar-refractivity contribution in [1.29, 1.82) is 0 Å². The quantitative estimate of drug-likeness (QED) is 0.840. The Morgan fingerprint density at radius 2 is 2.12 bits per heavy atom. The average molecular weight is 236 g/mol. The van der Waals surface area contributed by atoms with E-state index in [2.05, 4.69) is 0 Å². The Balaban J connectivity index is 2.57. The lowest BCUT2D eigenvalue weighted by Crippen LogP contribution is -2.20. The Morgan fingerprint density at radius 1 is 1.47 bits per heavy atom. The summed E-state index contributed by atoms with van der Waals surface area (Å²) >= 11 is 0. The van der Waals surface area contributed by atoms with Gasteiger partial charge in [-0.2, -0.15) is 0 Å². The molecule has 1 fully saturated rings. The van der Waals surface area contributed by atoms with Crippen molar-refractivity contribution in [3.05, 3.63) is 23.3 Å². The van der Waals surface area contributed by atoms with Crippen molar-refractivity contribution in [2.24, 2.45) is 0 Å². The van der Waals surface area contributed by atoms with Crippen LogP contribution in [0.2, 0.25) is 0 Å². The summed E-state index contributed by atoms with van der Waals surface area (Å²) in [5.74, 6) is -0.556. The maximum absolute atomic E-state index is 11.3. The number of phenols is 1. The Morgan fingerprint density at radius 3 is 2.53 bits per heavy atom. The number of aromatic hydroxyl groups is 1. The first-order valence-electron chi connectivity index (χ1n) is 5.69. The zero-order chi connectivity index (χ0) is 12.6. The largest absolute Gasteiger partial charge is 0.504 e. The van der Waals surface area contributed by atoms with Crippen molar-refractivity contribution in [1.82, 2.24) is 0 Å². The Hall–Kier alpha value is -1.71. The minimum Gasteiger partial charge on any atom is -0.504 e. The number of methoxy groups -OCH3 is 1. The number of hydrogen-bond donors (Lipinski definition) is 2. The molecule has 0 unspecified atom stereocenters. The van der Waals surface area contributed by atoms with Crippen LogP contribution in [0.15, 0.2) is 12.1 Å². The smallest absolute Gasteiger partial charge is 0.314 e. The molecule has 0 spiro atoms. The third-order valence-corrected chi connectivity index (χ3v) is 3.44. The molecule has 0 saturated heterocycles. The van der Waals surface area contributed by atoms with Crippen LogP contribution in [0.5, 0.6) is 11.5 Å². The normalized spacial score (nSPS) is 16.6. The van der Waals surface area contributed by atoms with Crippen LogP contribution in [0.4, 0.5) is 0 Å². The van der Waals surface area contributed by atoms with Crippen molar-refractivity contribution < 1.29 is 19.7 Å². The van der Waals surface area contributed by atoms with E-state index in [1.165, 1.54) is 7.11 Å². The highest BCUT2D eigenvalue weighted by atomic mass is 16.5. The summed E-state index contributed by atoms with van der Waals surface area (Å²) in [5, 5.41) is 19.3. The molecule has 0 aliphatic heterocycles. The molecule has 92 valence electrons. The lowest BCUT2D eigenvalue weighted by molar-refractivity contribution is -0.140. The highest BCUT2D eigenvalue weighted by Crippen LogP contribution is 2.53. The summed E-state index contributed by atoms with van der Waals surface area (Å²) < 4.78 is 5.09. The molecule has 1 aliphatic rings. The van der Waals surface area contributed by atoms with Crippen molar-refractivity contribution in [3.63, 3.8) is 0 Å². The number of aryl methyl sites for hydroxylation is 1. The molecular weight excluding hydrogens is 220 g/mol. The number of ether oxygens (including phenoxy) is 1. The second-order valence-corrected chi connectivity index (χ2v) is 4.44. The fraction of sp³-hybridized carbons (Fsp3) is 0.462. The SMILES string of the molecule is CCc1cc(OC)c(O)c(C2(C(=O)O)CC2)c1. The second-order valence-electron chi connectivity index (χ2n) is 4.44. The molecule has 17 heavy (non-hydrogen) atoms. The minimum atomic E-state index is -0.900. The molecule has 0 aromatic heterocycles. The van der Waals surface area contributed by atoms with Crippen LogP contribution in [0, 0.1) is 0 Å². The number of hydrogen-bond acceptors (Lipinski definition) is 3. The molecule has 1 aromatic rings. The molecule has 2 rings (SSSR count). The van der Waals surface area contributed by atoms with Gasteiger partial charge in [-0.15, -0.1) is 0 Å². The van der Waals surface area contributed by atoms with Crippen molar-refractivity contribution in [3.8, 4) is 11.5 Å². The number of carboxylic acids is 1. The van der Waals surface area contributed by atoms with E-state index in [4.69, 9.17) is 4.74 Å². The maximum Gasteiger partial charge on any atom is 0.314 e. The highest BCUT2D eigenvalue weighted by molar-refractivity contribution is 5.86. The van der Waals surface area contributed by atoms with Gasteiger partial charge >= 0.3 is 5.97 Å². The molecule has 0 atom stereocenters. The third-order valence-electron chi connectivity index (χ3n) is 3.44. The van der Waals surface area contributed by atoms with E-state index in [0.29, 0.717) is 24.2 Å². The molecule has 0 amide bonds. The fourth-order valence-electron chi connectivity index (χ4n) is 2.11. The van der Waals surface area contributed by atoms with Gasteiger partial charge in [0.25, 0.3) is 0 Å². The predicted molar refractivity (Wildman–Crippen MR) is 62.6 cm³/mol. The van der Waals surface area contributed by atoms with Crippen molar-refractivity contribution in [2.75, 3.05) is 7.11 Å². The lowest BCUT2D eigenvalue weighted by Gasteiger charge is -2.16. The molecule has 2 N–H and O–H groups in total. The van der Waals surface area contributed by atoms with Gasteiger partial charge < -0.3 is 14.9 Å². The van der Waals surface area contributed by atoms with Gasteiger partial charge in [0.15, 0.2) is 11.5 Å². The van der Waals surface area contributed by atoms with E-state index in [1.807, 2.05) is 6.92 Å². The number of benzene rings is 1. The fourth-order valence-corrected chi connectivity index (χ4v) is 2.11. The van der Waals surface area contributed by atoms with Crippen LogP contribution in [-0.2, 0) is 16.6 Å². The Kier molecular flexibility index (Phi) is 2.73. The molecule has 0 radical (unpaired) electrons. The van der Waals surface area contributed by atoms with E-state index in [-0.39, 0.29) is 5.75 Å². The van der Waals surface area contributed by atoms with Gasteiger partial charge in [0.2, 0.25) is 0 Å². The van der Waals surface area contributed by atoms with Gasteiger partial charge in [-0.05, 0) is 30.9 Å². The van der Waals surface area contributed by atoms with Crippen LogP contribution < -0.4 is 4.74 Å². The predicted octanol–water partition coefficient (Wildman–Crippen LogP) is 2.08. The van der Waals surface area contributed by atoms with Gasteiger partial charge in [0.1, 0.15) is 0 Å². The standard InChI is InChI=1S/C13H16O4/c1-3-8-6-9(11(14)10(7-8)17-2)13(4-5-13)12(15)16/h6-7,14H,3-5H2,1-2H3,(H,15,16). The number of rotatable bonds is 4. The van der Waals surface area contributed by atoms with Gasteiger partial charge in [0.05, 0.1) is 12.5 Å².